The van der Waals surface area contributed by atoms with Gasteiger partial charge in [-0.25, -0.2) is 5.48 Å². The van der Waals surface area contributed by atoms with E-state index in [0.717, 1.165) is 0 Å². The Bertz CT molecular complexity index is 903. The molecule has 202 valence electrons. The van der Waals surface area contributed by atoms with Gasteiger partial charge in [-0.2, -0.15) is 4.98 Å². The quantitative estimate of drug-likeness (QED) is 0.325. The van der Waals surface area contributed by atoms with E-state index in [0.29, 0.717) is 18.0 Å². The zero-order chi connectivity index (χ0) is 26.8. The third-order valence-corrected chi connectivity index (χ3v) is 8.52. The maximum Gasteiger partial charge on any atom is 0.231 e. The molecular formula is C22H48N4O5Si4. The van der Waals surface area contributed by atoms with Gasteiger partial charge in [-0.3, -0.25) is 9.40 Å². The van der Waals surface area contributed by atoms with Crippen LogP contribution < -0.4 is 11.0 Å². The first-order chi connectivity index (χ1) is 15.8. The van der Waals surface area contributed by atoms with Crippen molar-refractivity contribution >= 4 is 39.1 Å². The number of hydrogen-bond acceptors (Lipinski definition) is 8. The molecule has 4 atom stereocenters. The Kier molecular flexibility index (Phi) is 9.95. The average Bonchev–Trinajstić information content (AvgIpc) is 2.61. The van der Waals surface area contributed by atoms with Crippen molar-refractivity contribution in [3.05, 3.63) is 17.8 Å². The molecule has 1 N–H and O–H groups in total. The van der Waals surface area contributed by atoms with E-state index in [1.807, 2.05) is 16.8 Å². The van der Waals surface area contributed by atoms with E-state index in [-0.39, 0.29) is 18.3 Å². The van der Waals surface area contributed by atoms with Crippen LogP contribution >= 0.6 is 0 Å². The number of nitrogens with one attached hydrogen (secondary N) is 1. The van der Waals surface area contributed by atoms with Gasteiger partial charge in [0.2, 0.25) is 5.95 Å². The van der Waals surface area contributed by atoms with E-state index in [1.54, 1.807) is 7.11 Å². The van der Waals surface area contributed by atoms with Gasteiger partial charge < -0.3 is 22.7 Å². The van der Waals surface area contributed by atoms with Crippen molar-refractivity contribution in [1.82, 2.24) is 9.55 Å². The Labute approximate surface area is 216 Å². The summed E-state index contributed by atoms with van der Waals surface area (Å²) in [5.74, 6) is 0.512. The Balaban J connectivity index is 2.62. The van der Waals surface area contributed by atoms with Crippen molar-refractivity contribution in [3.8, 4) is 0 Å². The number of aromatic nitrogens is 2. The van der Waals surface area contributed by atoms with E-state index in [1.165, 1.54) is 0 Å². The number of anilines is 1. The standard InChI is InChI=1S/C22H48N4O5Si4/c1-27-24-22-23-18(25-32(2,3)4)14-15-26(22)21-20(31-35(11,12)13)19(30-34(8,9)10)17(16-28-21)29-33(5,6)7/h14-15,17,19-21H,16H2,1-13H3,(H,23,24,25)/t17-,19?,20?,21+/m1/s1. The molecule has 1 saturated heterocycles. The molecule has 0 spiro atoms. The van der Waals surface area contributed by atoms with Crippen LogP contribution in [0.3, 0.4) is 0 Å². The zero-order valence-corrected chi connectivity index (χ0v) is 28.1. The van der Waals surface area contributed by atoms with Crippen LogP contribution in [0.4, 0.5) is 5.95 Å². The molecule has 2 unspecified atom stereocenters. The van der Waals surface area contributed by atoms with E-state index < -0.39 is 39.4 Å². The number of nitrogens with zero attached hydrogens (tertiary/aromatic N) is 3. The predicted octanol–water partition coefficient (Wildman–Crippen LogP) is 4.78. The molecule has 1 aromatic rings. The summed E-state index contributed by atoms with van der Waals surface area (Å²) >= 11 is 0. The highest BCUT2D eigenvalue weighted by atomic mass is 28.4. The van der Waals surface area contributed by atoms with E-state index in [4.69, 9.17) is 32.5 Å². The molecule has 9 nitrogen and oxygen atoms in total. The average molecular weight is 561 g/mol. The minimum absolute atomic E-state index is 0.195. The second kappa shape index (κ2) is 11.4. The number of ether oxygens (including phenoxy) is 1. The lowest BCUT2D eigenvalue weighted by Gasteiger charge is -2.48. The fourth-order valence-corrected chi connectivity index (χ4v) is 7.93. The third kappa shape index (κ3) is 10.3. The molecule has 0 saturated carbocycles. The molecule has 0 aromatic carbocycles. The van der Waals surface area contributed by atoms with Gasteiger partial charge >= 0.3 is 0 Å². The summed E-state index contributed by atoms with van der Waals surface area (Å²) in [6, 6.07) is 1.92. The summed E-state index contributed by atoms with van der Waals surface area (Å²) in [5.41, 5.74) is 3.60. The highest BCUT2D eigenvalue weighted by Crippen LogP contribution is 2.35. The Morgan fingerprint density at radius 1 is 0.886 bits per heavy atom. The summed E-state index contributed by atoms with van der Waals surface area (Å²) in [6.45, 7) is 26.7. The van der Waals surface area contributed by atoms with Gasteiger partial charge in [0.15, 0.2) is 39.4 Å². The fourth-order valence-electron chi connectivity index (χ4n) is 3.83. The molecular weight excluding hydrogens is 513 g/mol. The first kappa shape index (κ1) is 30.6. The van der Waals surface area contributed by atoms with E-state index in [9.17, 15) is 0 Å². The Morgan fingerprint density at radius 3 is 1.91 bits per heavy atom. The van der Waals surface area contributed by atoms with Crippen LogP contribution in [0.2, 0.25) is 78.6 Å². The lowest BCUT2D eigenvalue weighted by molar-refractivity contribution is -0.195. The molecule has 1 aliphatic heterocycles. The van der Waals surface area contributed by atoms with Crippen molar-refractivity contribution in [1.29, 1.82) is 0 Å². The first-order valence-corrected chi connectivity index (χ1v) is 26.0. The van der Waals surface area contributed by atoms with Gasteiger partial charge in [0.25, 0.3) is 0 Å². The van der Waals surface area contributed by atoms with Crippen molar-refractivity contribution in [2.75, 3.05) is 19.2 Å². The SMILES string of the molecule is CONc1n/c(=N/[Si](C)(C)C)ccn1[C@H]1OC[C@@H](O[Si](C)(C)C)C(O[Si](C)(C)C)C1O[Si](C)(C)C. The summed E-state index contributed by atoms with van der Waals surface area (Å²) in [4.78, 5) is 10.0. The second-order valence-corrected chi connectivity index (χ2v) is 30.9. The van der Waals surface area contributed by atoms with Crippen LogP contribution in [0, 0.1) is 0 Å². The van der Waals surface area contributed by atoms with E-state index in [2.05, 4.69) is 84.0 Å². The minimum Gasteiger partial charge on any atom is -0.410 e. The molecule has 2 heterocycles. The van der Waals surface area contributed by atoms with Crippen molar-refractivity contribution in [2.24, 2.45) is 4.66 Å². The largest absolute Gasteiger partial charge is 0.410 e. The van der Waals surface area contributed by atoms with Crippen LogP contribution in [0.25, 0.3) is 0 Å². The Morgan fingerprint density at radius 2 is 1.43 bits per heavy atom. The minimum atomic E-state index is -1.99. The fraction of sp³-hybridized carbons (Fsp3) is 0.818. The van der Waals surface area contributed by atoms with E-state index >= 15 is 0 Å². The van der Waals surface area contributed by atoms with Crippen LogP contribution in [-0.4, -0.2) is 74.8 Å². The molecule has 35 heavy (non-hydrogen) atoms. The van der Waals surface area contributed by atoms with Crippen molar-refractivity contribution < 1.29 is 22.9 Å². The molecule has 13 heteroatoms. The summed E-state index contributed by atoms with van der Waals surface area (Å²) in [7, 11) is -5.92. The van der Waals surface area contributed by atoms with Crippen LogP contribution in [-0.2, 0) is 22.9 Å². The maximum absolute atomic E-state index is 6.81. The summed E-state index contributed by atoms with van der Waals surface area (Å²) in [5, 5.41) is 0. The van der Waals surface area contributed by atoms with Crippen molar-refractivity contribution in [3.63, 3.8) is 0 Å². The zero-order valence-electron chi connectivity index (χ0n) is 24.1. The lowest BCUT2D eigenvalue weighted by atomic mass is 10.0. The predicted molar refractivity (Wildman–Crippen MR) is 151 cm³/mol. The van der Waals surface area contributed by atoms with Gasteiger partial charge in [0.1, 0.15) is 17.7 Å². The molecule has 1 aliphatic rings. The summed E-state index contributed by atoms with van der Waals surface area (Å²) in [6.07, 6.45) is 0.667. The van der Waals surface area contributed by atoms with Gasteiger partial charge in [0, 0.05) is 6.20 Å². The normalized spacial score (nSPS) is 25.1. The van der Waals surface area contributed by atoms with Crippen LogP contribution in [0.5, 0.6) is 0 Å². The highest BCUT2D eigenvalue weighted by Gasteiger charge is 2.48. The van der Waals surface area contributed by atoms with Gasteiger partial charge in [-0.1, -0.05) is 0 Å². The maximum atomic E-state index is 6.81. The first-order valence-electron chi connectivity index (χ1n) is 12.4. The van der Waals surface area contributed by atoms with Gasteiger partial charge in [0.05, 0.1) is 19.8 Å². The summed E-state index contributed by atoms with van der Waals surface area (Å²) < 4.78 is 33.4. The van der Waals surface area contributed by atoms with Crippen LogP contribution in [0.1, 0.15) is 6.23 Å². The molecule has 1 aromatic heterocycles. The molecule has 2 rings (SSSR count). The smallest absolute Gasteiger partial charge is 0.231 e. The number of rotatable bonds is 10. The molecule has 0 bridgehead atoms. The monoisotopic (exact) mass is 560 g/mol. The van der Waals surface area contributed by atoms with Gasteiger partial charge in [-0.15, -0.1) is 0 Å². The van der Waals surface area contributed by atoms with Gasteiger partial charge in [-0.05, 0) is 84.6 Å². The number of hydrogen-bond donors (Lipinski definition) is 1. The topological polar surface area (TPSA) is 88.4 Å². The lowest BCUT2D eigenvalue weighted by Crippen LogP contribution is -2.60. The molecule has 1 fully saturated rings. The molecule has 0 amide bonds. The Hall–Kier alpha value is -0.652. The van der Waals surface area contributed by atoms with Crippen LogP contribution in [0.15, 0.2) is 16.9 Å². The molecule has 0 radical (unpaired) electrons. The second-order valence-electron chi connectivity index (χ2n) is 13.0. The molecule has 0 aliphatic carbocycles. The van der Waals surface area contributed by atoms with Crippen molar-refractivity contribution in [2.45, 2.75) is 103 Å². The highest BCUT2D eigenvalue weighted by molar-refractivity contribution is 6.74. The third-order valence-electron chi connectivity index (χ3n) is 4.65.